The van der Waals surface area contributed by atoms with Gasteiger partial charge in [-0.05, 0) is 34.6 Å². The summed E-state index contributed by atoms with van der Waals surface area (Å²) in [5.41, 5.74) is 4.10. The Morgan fingerprint density at radius 2 is 2.18 bits per heavy atom. The predicted octanol–water partition coefficient (Wildman–Crippen LogP) is 1.89. The molecule has 2 aromatic rings. The van der Waals surface area contributed by atoms with E-state index in [2.05, 4.69) is 20.0 Å². The van der Waals surface area contributed by atoms with Crippen molar-refractivity contribution < 1.29 is 37.0 Å². The first kappa shape index (κ1) is 24.7. The highest BCUT2D eigenvalue weighted by Gasteiger charge is 2.61. The number of nitrogen functional groups attached to an aromatic ring is 1. The molecule has 0 spiro atoms. The van der Waals surface area contributed by atoms with E-state index in [9.17, 15) is 9.36 Å². The first-order valence-electron chi connectivity index (χ1n) is 10.8. The third kappa shape index (κ3) is 4.48. The van der Waals surface area contributed by atoms with Crippen LogP contribution in [0.3, 0.4) is 0 Å². The van der Waals surface area contributed by atoms with Gasteiger partial charge in [-0.2, -0.15) is 9.97 Å². The van der Waals surface area contributed by atoms with Crippen LogP contribution in [0.4, 0.5) is 10.3 Å². The number of rotatable bonds is 7. The second kappa shape index (κ2) is 9.00. The Morgan fingerprint density at radius 1 is 1.44 bits per heavy atom. The molecule has 4 rings (SSSR count). The molecule has 0 aliphatic carbocycles. The summed E-state index contributed by atoms with van der Waals surface area (Å²) in [6.07, 6.45) is -2.44. The van der Waals surface area contributed by atoms with Gasteiger partial charge >= 0.3 is 13.7 Å². The van der Waals surface area contributed by atoms with E-state index in [0.717, 1.165) is 0 Å². The van der Waals surface area contributed by atoms with Crippen LogP contribution in [0.25, 0.3) is 11.2 Å². The van der Waals surface area contributed by atoms with Crippen molar-refractivity contribution >= 4 is 30.8 Å². The van der Waals surface area contributed by atoms with Gasteiger partial charge in [0.15, 0.2) is 23.1 Å². The molecule has 0 bridgehead atoms. The minimum Gasteiger partial charge on any atom is -0.476 e. The van der Waals surface area contributed by atoms with Gasteiger partial charge in [0.25, 0.3) is 0 Å². The molecule has 2 aliphatic rings. The summed E-state index contributed by atoms with van der Waals surface area (Å²) >= 11 is 0. The van der Waals surface area contributed by atoms with Crippen molar-refractivity contribution in [2.75, 3.05) is 18.9 Å². The molecule has 0 amide bonds. The van der Waals surface area contributed by atoms with Crippen molar-refractivity contribution in [1.29, 1.82) is 0 Å². The number of hydrogen-bond acceptors (Lipinski definition) is 11. The molecular formula is C19H28FN6O7P. The molecule has 2 aromatic heterocycles. The first-order chi connectivity index (χ1) is 15.9. The van der Waals surface area contributed by atoms with Crippen LogP contribution >= 0.6 is 7.75 Å². The summed E-state index contributed by atoms with van der Waals surface area (Å²) in [5, 5.41) is 2.50. The van der Waals surface area contributed by atoms with Gasteiger partial charge in [0.2, 0.25) is 11.8 Å². The number of hydrogen-bond donors (Lipinski definition) is 2. The zero-order valence-electron chi connectivity index (χ0n) is 19.4. The number of nitrogens with one attached hydrogen (secondary N) is 1. The van der Waals surface area contributed by atoms with E-state index < -0.39 is 43.9 Å². The van der Waals surface area contributed by atoms with Crippen LogP contribution in [-0.4, -0.2) is 68.7 Å². The third-order valence-corrected chi connectivity index (χ3v) is 7.04. The first-order valence-corrected chi connectivity index (χ1v) is 12.4. The van der Waals surface area contributed by atoms with Crippen LogP contribution < -0.4 is 15.6 Å². The van der Waals surface area contributed by atoms with Gasteiger partial charge in [-0.1, -0.05) is 0 Å². The summed E-state index contributed by atoms with van der Waals surface area (Å²) in [6, 6.07) is -1.01. The minimum absolute atomic E-state index is 0.0794. The summed E-state index contributed by atoms with van der Waals surface area (Å²) < 4.78 is 58.1. The van der Waals surface area contributed by atoms with E-state index in [1.807, 2.05) is 0 Å². The molecule has 2 aliphatic heterocycles. The van der Waals surface area contributed by atoms with E-state index in [1.165, 1.54) is 24.7 Å². The number of carbonyl (C=O) groups is 1. The molecule has 3 N–H and O–H groups in total. The Morgan fingerprint density at radius 3 is 2.85 bits per heavy atom. The summed E-state index contributed by atoms with van der Waals surface area (Å²) in [7, 11) is -4.05. The highest BCUT2D eigenvalue weighted by Crippen LogP contribution is 2.57. The lowest BCUT2D eigenvalue weighted by atomic mass is 9.98. The normalized spacial score (nSPS) is 32.0. The van der Waals surface area contributed by atoms with Crippen molar-refractivity contribution in [3.05, 3.63) is 6.33 Å². The van der Waals surface area contributed by atoms with Crippen LogP contribution in [-0.2, 0) is 27.9 Å². The quantitative estimate of drug-likeness (QED) is 0.418. The molecule has 0 saturated carbocycles. The van der Waals surface area contributed by atoms with Gasteiger partial charge < -0.3 is 19.9 Å². The number of nitrogens with two attached hydrogens (primary N) is 1. The van der Waals surface area contributed by atoms with E-state index in [-0.39, 0.29) is 35.7 Å². The lowest BCUT2D eigenvalue weighted by Crippen LogP contribution is -2.47. The molecule has 4 heterocycles. The minimum atomic E-state index is -4.05. The zero-order valence-corrected chi connectivity index (χ0v) is 20.3. The fraction of sp³-hybridized carbons (Fsp3) is 0.684. The number of aromatic nitrogens is 4. The monoisotopic (exact) mass is 502 g/mol. The van der Waals surface area contributed by atoms with Crippen LogP contribution in [0.2, 0.25) is 0 Å². The Kier molecular flexibility index (Phi) is 6.55. The number of anilines is 1. The lowest BCUT2D eigenvalue weighted by molar-refractivity contribution is -0.149. The van der Waals surface area contributed by atoms with Gasteiger partial charge in [0.1, 0.15) is 18.2 Å². The van der Waals surface area contributed by atoms with E-state index in [4.69, 9.17) is 29.0 Å². The number of carbonyl (C=O) groups excluding carboxylic acids is 1. The molecule has 2 saturated heterocycles. The average Bonchev–Trinajstić information content (AvgIpc) is 3.25. The van der Waals surface area contributed by atoms with E-state index in [1.54, 1.807) is 20.8 Å². The van der Waals surface area contributed by atoms with Gasteiger partial charge in [-0.15, -0.1) is 0 Å². The molecule has 188 valence electrons. The number of imidazole rings is 1. The molecule has 2 fully saturated rings. The fourth-order valence-electron chi connectivity index (χ4n) is 3.87. The topological polar surface area (TPSA) is 162 Å². The maximum Gasteiger partial charge on any atom is 0.406 e. The van der Waals surface area contributed by atoms with Crippen molar-refractivity contribution in [1.82, 2.24) is 24.6 Å². The predicted molar refractivity (Wildman–Crippen MR) is 117 cm³/mol. The second-order valence-corrected chi connectivity index (χ2v) is 10.2. The molecule has 6 atom stereocenters. The molecular weight excluding hydrogens is 474 g/mol. The van der Waals surface area contributed by atoms with Gasteiger partial charge in [0.05, 0.1) is 25.6 Å². The number of nitrogens with zero attached hydrogens (tertiary/aromatic N) is 4. The van der Waals surface area contributed by atoms with Crippen LogP contribution in [0.15, 0.2) is 6.33 Å². The zero-order chi connectivity index (χ0) is 24.8. The number of ether oxygens (including phenoxy) is 3. The lowest BCUT2D eigenvalue weighted by Gasteiger charge is -2.35. The number of fused-ring (bicyclic) bond motifs is 2. The molecule has 15 heteroatoms. The highest BCUT2D eigenvalue weighted by atomic mass is 31.2. The summed E-state index contributed by atoms with van der Waals surface area (Å²) in [4.78, 5) is 24.5. The van der Waals surface area contributed by atoms with Crippen molar-refractivity contribution in [3.8, 4) is 5.88 Å². The maximum absolute atomic E-state index is 16.2. The summed E-state index contributed by atoms with van der Waals surface area (Å²) in [5.74, 6) is -0.560. The molecule has 34 heavy (non-hydrogen) atoms. The largest absolute Gasteiger partial charge is 0.476 e. The van der Waals surface area contributed by atoms with E-state index >= 15 is 4.39 Å². The molecule has 0 unspecified atom stereocenters. The van der Waals surface area contributed by atoms with Crippen molar-refractivity contribution in [2.24, 2.45) is 0 Å². The highest BCUT2D eigenvalue weighted by molar-refractivity contribution is 7.51. The van der Waals surface area contributed by atoms with Crippen molar-refractivity contribution in [3.63, 3.8) is 0 Å². The summed E-state index contributed by atoms with van der Waals surface area (Å²) in [6.45, 7) is 7.94. The number of alkyl halides is 1. The van der Waals surface area contributed by atoms with Crippen LogP contribution in [0.1, 0.15) is 40.8 Å². The van der Waals surface area contributed by atoms with Crippen molar-refractivity contribution in [2.45, 2.75) is 70.9 Å². The second-order valence-electron chi connectivity index (χ2n) is 8.48. The van der Waals surface area contributed by atoms with Gasteiger partial charge in [0, 0.05) is 0 Å². The number of halogens is 1. The fourth-order valence-corrected chi connectivity index (χ4v) is 5.63. The maximum atomic E-state index is 16.2. The van der Waals surface area contributed by atoms with Crippen LogP contribution in [0.5, 0.6) is 5.88 Å². The third-order valence-electron chi connectivity index (χ3n) is 5.34. The Labute approximate surface area is 195 Å². The Balaban J connectivity index is 1.58. The SMILES string of the molecule is CCOc1nc(N)nc2c1ncn2[C@@H]1O[C@@H]2CO[P@](=O)(N[C@@H](C)C(=O)OC(C)C)O[C@H]2[C@@]1(C)F. The molecule has 0 radical (unpaired) electrons. The van der Waals surface area contributed by atoms with Crippen LogP contribution in [0, 0.1) is 0 Å². The molecule has 13 nitrogen and oxygen atoms in total. The Bertz CT molecular complexity index is 1130. The number of esters is 1. The smallest absolute Gasteiger partial charge is 0.406 e. The Hall–Kier alpha value is -2.38. The van der Waals surface area contributed by atoms with Gasteiger partial charge in [-0.3, -0.25) is 18.4 Å². The molecule has 0 aromatic carbocycles. The van der Waals surface area contributed by atoms with E-state index in [0.29, 0.717) is 6.61 Å². The standard InChI is InChI=1S/C19H28FN6O7P/c1-6-29-15-12-14(23-18(21)24-15)26(8-22-12)17-19(5,20)13-11(32-17)7-30-34(28,33-13)25-10(4)16(27)31-9(2)3/h8-11,13,17H,6-7H2,1-5H3,(H,25,28)(H2,21,23,24)/t10-,11+,13+,17+,19+,34+/m0/s1. The van der Waals surface area contributed by atoms with Gasteiger partial charge in [-0.25, -0.2) is 19.0 Å². The average molecular weight is 502 g/mol.